The van der Waals surface area contributed by atoms with Crippen LogP contribution in [-0.2, 0) is 22.7 Å². The number of imidazole rings is 1. The fourth-order valence-corrected chi connectivity index (χ4v) is 4.26. The van der Waals surface area contributed by atoms with Crippen LogP contribution in [0, 0.1) is 0 Å². The second-order valence-corrected chi connectivity index (χ2v) is 8.61. The second-order valence-electron chi connectivity index (χ2n) is 5.79. The summed E-state index contributed by atoms with van der Waals surface area (Å²) >= 11 is 0. The minimum Gasteiger partial charge on any atom is -0.387 e. The summed E-state index contributed by atoms with van der Waals surface area (Å²) in [6, 6.07) is 0. The summed E-state index contributed by atoms with van der Waals surface area (Å²) in [5.74, 6) is -0.410. The Morgan fingerprint density at radius 3 is 2.50 bits per heavy atom. The van der Waals surface area contributed by atoms with Gasteiger partial charge in [-0.1, -0.05) is 0 Å². The molecule has 0 aliphatic carbocycles. The van der Waals surface area contributed by atoms with E-state index >= 15 is 0 Å². The van der Waals surface area contributed by atoms with Gasteiger partial charge in [-0.05, 0) is 10.6 Å². The molecule has 0 amide bonds. The van der Waals surface area contributed by atoms with E-state index in [1.54, 1.807) is 0 Å². The van der Waals surface area contributed by atoms with E-state index in [4.69, 9.17) is 25.8 Å². The quantitative estimate of drug-likeness (QED) is 0.0801. The number of nitrogens with zero attached hydrogens (tertiary/aromatic N) is 7. The van der Waals surface area contributed by atoms with Gasteiger partial charge in [0.15, 0.2) is 23.2 Å². The molecule has 2 aromatic rings. The predicted molar refractivity (Wildman–Crippen MR) is 105 cm³/mol. The number of aliphatic hydroxyl groups excluding tert-OH is 2. The molecule has 0 bridgehead atoms. The number of aromatic nitrogens is 4. The summed E-state index contributed by atoms with van der Waals surface area (Å²) in [7, 11) is -10.6. The molecule has 1 aliphatic heterocycles. The number of fused-ring (bicyclic) bond motifs is 1. The number of anilines is 1. The van der Waals surface area contributed by atoms with Crippen molar-refractivity contribution in [3.05, 3.63) is 16.8 Å². The normalized spacial score (nSPS) is 24.8. The van der Waals surface area contributed by atoms with Crippen LogP contribution in [0.3, 0.4) is 0 Å². The maximum absolute atomic E-state index is 11.6. The van der Waals surface area contributed by atoms with Crippen molar-refractivity contribution in [1.29, 1.82) is 0 Å². The van der Waals surface area contributed by atoms with Crippen LogP contribution >= 0.6 is 15.6 Å². The molecule has 0 spiro atoms. The van der Waals surface area contributed by atoms with Crippen LogP contribution in [0.5, 0.6) is 0 Å². The average molecular weight is 514 g/mol. The molecule has 7 N–H and O–H groups in total. The number of phosphoric acid groups is 2. The predicted octanol–water partition coefficient (Wildman–Crippen LogP) is -1.57. The third-order valence-corrected chi connectivity index (χ3v) is 5.98. The van der Waals surface area contributed by atoms with E-state index in [0.717, 1.165) is 10.9 Å². The van der Waals surface area contributed by atoms with Crippen LogP contribution < -0.4 is 5.73 Å². The summed E-state index contributed by atoms with van der Waals surface area (Å²) in [6.07, 6.45) is -5.27. The third kappa shape index (κ3) is 6.69. The Morgan fingerprint density at radius 2 is 1.91 bits per heavy atom. The largest absolute Gasteiger partial charge is 0.481 e. The molecule has 1 aliphatic rings. The third-order valence-electron chi connectivity index (χ3n) is 3.82. The summed E-state index contributed by atoms with van der Waals surface area (Å²) < 4.78 is 36.7. The van der Waals surface area contributed by atoms with Crippen LogP contribution in [0.25, 0.3) is 21.6 Å². The van der Waals surface area contributed by atoms with Crippen LogP contribution in [0.2, 0.25) is 0 Å². The first kappa shape index (κ1) is 29.8. The molecule has 2 aromatic heterocycles. The number of nitrogens with two attached hydrogens (primary N) is 1. The van der Waals surface area contributed by atoms with Crippen LogP contribution in [0.15, 0.2) is 11.4 Å². The van der Waals surface area contributed by atoms with Gasteiger partial charge in [0, 0.05) is 64.0 Å². The molecule has 22 heteroatoms. The van der Waals surface area contributed by atoms with Gasteiger partial charge < -0.3 is 35.4 Å². The number of nitrogen functional groups attached to an aromatic ring is 1. The minimum absolute atomic E-state index is 0. The maximum Gasteiger partial charge on any atom is 0.481 e. The Labute approximate surface area is 222 Å². The molecule has 1 saturated heterocycles. The molecule has 2 radical (unpaired) electrons. The van der Waals surface area contributed by atoms with E-state index in [-0.39, 0.29) is 82.0 Å². The minimum atomic E-state index is -5.35. The number of ether oxygens (including phenoxy) is 1. The van der Waals surface area contributed by atoms with Gasteiger partial charge in [0.1, 0.15) is 24.6 Å². The SMILES string of the molecule is [N-]=[N+]=Nc1nc2c(N)ncnc2n1[C@@H]1O[C@H](COP(=O)(O)OP(=O)(O)O)[C@@H](O)[C@H]1O.[Na].[Na]. The Balaban J connectivity index is 0.00000256. The fourth-order valence-electron chi connectivity index (χ4n) is 2.67. The molecule has 18 nitrogen and oxygen atoms in total. The van der Waals surface area contributed by atoms with Crippen molar-refractivity contribution in [3.63, 3.8) is 0 Å². The van der Waals surface area contributed by atoms with Gasteiger partial charge in [-0.15, -0.1) is 0 Å². The Kier molecular flexibility index (Phi) is 10.7. The zero-order chi connectivity index (χ0) is 22.3. The van der Waals surface area contributed by atoms with Crippen molar-refractivity contribution >= 4 is 97.7 Å². The monoisotopic (exact) mass is 514 g/mol. The molecule has 32 heavy (non-hydrogen) atoms. The number of azide groups is 1. The Hall–Kier alpha value is -0.200. The molecule has 1 unspecified atom stereocenters. The van der Waals surface area contributed by atoms with E-state index in [2.05, 4.69) is 33.8 Å². The van der Waals surface area contributed by atoms with Gasteiger partial charge in [0.25, 0.3) is 0 Å². The van der Waals surface area contributed by atoms with Crippen molar-refractivity contribution in [2.45, 2.75) is 24.5 Å². The van der Waals surface area contributed by atoms with Gasteiger partial charge in [-0.2, -0.15) is 4.31 Å². The van der Waals surface area contributed by atoms with E-state index in [9.17, 15) is 24.2 Å². The molecular formula is C10H14N8Na2O10P2. The fraction of sp³-hybridized carbons (Fsp3) is 0.500. The van der Waals surface area contributed by atoms with Crippen LogP contribution in [0.1, 0.15) is 6.23 Å². The first-order valence-corrected chi connectivity index (χ1v) is 10.8. The van der Waals surface area contributed by atoms with Gasteiger partial charge in [-0.25, -0.2) is 24.1 Å². The molecule has 1 fully saturated rings. The topological polar surface area (TPSA) is 281 Å². The molecule has 0 saturated carbocycles. The van der Waals surface area contributed by atoms with E-state index in [1.165, 1.54) is 0 Å². The van der Waals surface area contributed by atoms with Crippen molar-refractivity contribution in [3.8, 4) is 0 Å². The van der Waals surface area contributed by atoms with Crippen LogP contribution in [0.4, 0.5) is 11.8 Å². The number of hydrogen-bond acceptors (Lipinski definition) is 12. The van der Waals surface area contributed by atoms with E-state index in [1.807, 2.05) is 0 Å². The Bertz CT molecular complexity index is 1110. The van der Waals surface area contributed by atoms with E-state index < -0.39 is 46.8 Å². The number of hydrogen-bond donors (Lipinski definition) is 6. The van der Waals surface area contributed by atoms with Gasteiger partial charge in [-0.3, -0.25) is 9.09 Å². The number of phosphoric ester groups is 1. The zero-order valence-electron chi connectivity index (χ0n) is 16.5. The molecular weight excluding hydrogens is 500 g/mol. The first-order chi connectivity index (χ1) is 13.9. The molecule has 3 rings (SSSR count). The molecule has 0 aromatic carbocycles. The van der Waals surface area contributed by atoms with Gasteiger partial charge >= 0.3 is 15.6 Å². The summed E-state index contributed by atoms with van der Waals surface area (Å²) in [5, 5.41) is 23.9. The number of rotatable bonds is 7. The zero-order valence-corrected chi connectivity index (χ0v) is 22.3. The molecule has 5 atom stereocenters. The summed E-state index contributed by atoms with van der Waals surface area (Å²) in [5.41, 5.74) is 14.4. The standard InChI is InChI=1S/C10H14N8O10P2.2Na/c11-7-4-8(14-2-13-7)18(10(15-4)16-17-12)9-6(20)5(19)3(27-9)1-26-30(24,25)28-29(21,22)23;;/h2-3,5-6,9,19-20H,1H2,(H,24,25)(H2,11,13,14)(H2,21,22,23);;/t3-,5-,6-,9-;;/m1../s1. The number of aliphatic hydroxyl groups is 2. The van der Waals surface area contributed by atoms with Crippen molar-refractivity contribution < 1.29 is 47.6 Å². The van der Waals surface area contributed by atoms with E-state index in [0.29, 0.717) is 0 Å². The van der Waals surface area contributed by atoms with Crippen molar-refractivity contribution in [1.82, 2.24) is 19.5 Å². The van der Waals surface area contributed by atoms with Crippen molar-refractivity contribution in [2.75, 3.05) is 12.3 Å². The summed E-state index contributed by atoms with van der Waals surface area (Å²) in [4.78, 5) is 40.7. The Morgan fingerprint density at radius 1 is 1.25 bits per heavy atom. The molecule has 3 heterocycles. The second kappa shape index (κ2) is 11.5. The average Bonchev–Trinajstić information content (AvgIpc) is 3.11. The maximum atomic E-state index is 11.6. The summed E-state index contributed by atoms with van der Waals surface area (Å²) in [6.45, 7) is -0.914. The van der Waals surface area contributed by atoms with Gasteiger partial charge in [0.2, 0.25) is 5.95 Å². The van der Waals surface area contributed by atoms with Gasteiger partial charge in [0.05, 0.1) is 6.61 Å². The smallest absolute Gasteiger partial charge is 0.387 e. The van der Waals surface area contributed by atoms with Crippen molar-refractivity contribution in [2.24, 2.45) is 5.11 Å². The first-order valence-electron chi connectivity index (χ1n) is 7.73. The molecule has 166 valence electrons. The van der Waals surface area contributed by atoms with Crippen LogP contribution in [-0.4, -0.2) is 128 Å².